The van der Waals surface area contributed by atoms with Gasteiger partial charge < -0.3 is 16.0 Å². The number of amides is 1. The number of alkyl halides is 3. The zero-order valence-corrected chi connectivity index (χ0v) is 18.8. The van der Waals surface area contributed by atoms with Crippen LogP contribution in [-0.4, -0.2) is 30.4 Å². The number of carbonyl (C=O) groups is 1. The van der Waals surface area contributed by atoms with Gasteiger partial charge in [-0.1, -0.05) is 0 Å². The molecule has 8 nitrogen and oxygen atoms in total. The van der Waals surface area contributed by atoms with E-state index in [4.69, 9.17) is 5.73 Å². The van der Waals surface area contributed by atoms with Crippen LogP contribution in [0, 0.1) is 18.3 Å². The molecule has 3 heterocycles. The van der Waals surface area contributed by atoms with Gasteiger partial charge in [-0.25, -0.2) is 0 Å². The lowest BCUT2D eigenvalue weighted by molar-refractivity contribution is -0.177. The van der Waals surface area contributed by atoms with Crippen LogP contribution in [0.25, 0.3) is 5.78 Å². The van der Waals surface area contributed by atoms with Crippen molar-refractivity contribution in [3.63, 3.8) is 0 Å². The Hall–Kier alpha value is -3.37. The van der Waals surface area contributed by atoms with E-state index in [0.717, 1.165) is 42.7 Å². The first-order chi connectivity index (χ1) is 16.0. The molecule has 0 spiro atoms. The van der Waals surface area contributed by atoms with E-state index in [1.807, 2.05) is 16.2 Å². The Bertz CT molecular complexity index is 1330. The molecule has 3 N–H and O–H groups in total. The Morgan fingerprint density at radius 1 is 1.21 bits per heavy atom. The van der Waals surface area contributed by atoms with Gasteiger partial charge in [-0.15, -0.1) is 10.2 Å². The standard InChI is InChI=1S/C23H24F3N7O/c1-11(14-3-15(23(24,25)26)5-16(27)4-14)28-19-17-9-32(20(34)22-6-13(7-22)8-22)10-18(17)33-12(2)30-31-21(33)29-19/h3-5,11,13H,6-10,27H2,1-2H3,(H,28,29,31). The molecule has 2 bridgehead atoms. The van der Waals surface area contributed by atoms with E-state index in [1.165, 1.54) is 6.07 Å². The normalized spacial score (nSPS) is 23.9. The Labute approximate surface area is 193 Å². The summed E-state index contributed by atoms with van der Waals surface area (Å²) in [5.74, 6) is 2.42. The van der Waals surface area contributed by atoms with Crippen molar-refractivity contribution in [1.29, 1.82) is 0 Å². The third-order valence-electron chi connectivity index (χ3n) is 7.55. The number of hydrogen-bond acceptors (Lipinski definition) is 6. The summed E-state index contributed by atoms with van der Waals surface area (Å²) in [5.41, 5.74) is 6.91. The summed E-state index contributed by atoms with van der Waals surface area (Å²) >= 11 is 0. The number of benzene rings is 1. The van der Waals surface area contributed by atoms with E-state index < -0.39 is 17.8 Å². The summed E-state index contributed by atoms with van der Waals surface area (Å²) in [6.07, 6.45) is -1.59. The van der Waals surface area contributed by atoms with Crippen LogP contribution in [0.3, 0.4) is 0 Å². The van der Waals surface area contributed by atoms with Crippen LogP contribution in [0.1, 0.15) is 60.4 Å². The minimum atomic E-state index is -4.50. The number of hydrogen-bond donors (Lipinski definition) is 2. The molecule has 3 aromatic rings. The van der Waals surface area contributed by atoms with Gasteiger partial charge in [0.1, 0.15) is 11.6 Å². The van der Waals surface area contributed by atoms with Gasteiger partial charge in [0, 0.05) is 11.3 Å². The van der Waals surface area contributed by atoms with Crippen molar-refractivity contribution in [2.24, 2.45) is 11.3 Å². The molecular formula is C23H24F3N7O. The number of nitrogens with zero attached hydrogens (tertiary/aromatic N) is 5. The van der Waals surface area contributed by atoms with Crippen molar-refractivity contribution < 1.29 is 18.0 Å². The first-order valence-corrected chi connectivity index (χ1v) is 11.3. The van der Waals surface area contributed by atoms with E-state index >= 15 is 0 Å². The molecule has 11 heteroatoms. The molecule has 3 aliphatic carbocycles. The molecule has 7 rings (SSSR count). The van der Waals surface area contributed by atoms with Crippen LogP contribution in [0.4, 0.5) is 24.7 Å². The zero-order valence-electron chi connectivity index (χ0n) is 18.8. The van der Waals surface area contributed by atoms with Crippen molar-refractivity contribution in [1.82, 2.24) is 24.5 Å². The minimum Gasteiger partial charge on any atom is -0.399 e. The molecular weight excluding hydrogens is 447 g/mol. The van der Waals surface area contributed by atoms with Crippen molar-refractivity contribution in [2.75, 3.05) is 11.1 Å². The molecule has 1 amide bonds. The predicted octanol–water partition coefficient (Wildman–Crippen LogP) is 3.85. The second kappa shape index (κ2) is 6.83. The molecule has 1 atom stereocenters. The van der Waals surface area contributed by atoms with Gasteiger partial charge in [0.25, 0.3) is 5.78 Å². The molecule has 0 saturated heterocycles. The SMILES string of the molecule is Cc1nnc2nc(NC(C)c3cc(N)cc(C(F)(F)F)c3)c3c(n12)CN(C(=O)C12CC(C1)C2)C3. The lowest BCUT2D eigenvalue weighted by Gasteiger charge is -2.61. The van der Waals surface area contributed by atoms with E-state index in [1.54, 1.807) is 6.92 Å². The molecule has 178 valence electrons. The van der Waals surface area contributed by atoms with Crippen LogP contribution < -0.4 is 11.1 Å². The second-order valence-corrected chi connectivity index (χ2v) is 9.94. The number of nitrogens with one attached hydrogen (secondary N) is 1. The van der Waals surface area contributed by atoms with Gasteiger partial charge in [0.2, 0.25) is 5.91 Å². The monoisotopic (exact) mass is 471 g/mol. The molecule has 1 aromatic carbocycles. The highest BCUT2D eigenvalue weighted by molar-refractivity contribution is 5.86. The minimum absolute atomic E-state index is 0.0375. The maximum atomic E-state index is 13.3. The van der Waals surface area contributed by atoms with Crippen LogP contribution in [-0.2, 0) is 24.1 Å². The van der Waals surface area contributed by atoms with Gasteiger partial charge >= 0.3 is 6.18 Å². The summed E-state index contributed by atoms with van der Waals surface area (Å²) in [5, 5.41) is 11.5. The second-order valence-electron chi connectivity index (χ2n) is 9.94. The van der Waals surface area contributed by atoms with E-state index in [-0.39, 0.29) is 17.0 Å². The van der Waals surface area contributed by atoms with E-state index in [9.17, 15) is 18.0 Å². The molecule has 3 fully saturated rings. The fourth-order valence-electron chi connectivity index (χ4n) is 5.66. The first kappa shape index (κ1) is 21.2. The zero-order chi connectivity index (χ0) is 24.0. The summed E-state index contributed by atoms with van der Waals surface area (Å²) in [6.45, 7) is 4.40. The van der Waals surface area contributed by atoms with Crippen molar-refractivity contribution >= 4 is 23.2 Å². The number of aromatic nitrogens is 4. The summed E-state index contributed by atoms with van der Waals surface area (Å²) < 4.78 is 41.8. The van der Waals surface area contributed by atoms with Gasteiger partial charge in [-0.05, 0) is 62.8 Å². The van der Waals surface area contributed by atoms with Crippen LogP contribution >= 0.6 is 0 Å². The smallest absolute Gasteiger partial charge is 0.399 e. The molecule has 34 heavy (non-hydrogen) atoms. The largest absolute Gasteiger partial charge is 0.416 e. The van der Waals surface area contributed by atoms with Gasteiger partial charge in [-0.3, -0.25) is 9.20 Å². The highest BCUT2D eigenvalue weighted by atomic mass is 19.4. The fraction of sp³-hybridized carbons (Fsp3) is 0.478. The van der Waals surface area contributed by atoms with Crippen molar-refractivity contribution in [3.05, 3.63) is 46.4 Å². The Morgan fingerprint density at radius 2 is 1.94 bits per heavy atom. The number of nitrogens with two attached hydrogens (primary N) is 1. The van der Waals surface area contributed by atoms with Gasteiger partial charge in [0.05, 0.1) is 35.8 Å². The molecule has 1 unspecified atom stereocenters. The predicted molar refractivity (Wildman–Crippen MR) is 117 cm³/mol. The molecule has 1 aliphatic heterocycles. The summed E-state index contributed by atoms with van der Waals surface area (Å²) in [4.78, 5) is 19.7. The van der Waals surface area contributed by atoms with Crippen LogP contribution in [0.2, 0.25) is 0 Å². The summed E-state index contributed by atoms with van der Waals surface area (Å²) in [7, 11) is 0. The number of aryl methyl sites for hydroxylation is 1. The third-order valence-corrected chi connectivity index (χ3v) is 7.55. The average molecular weight is 471 g/mol. The first-order valence-electron chi connectivity index (χ1n) is 11.3. The number of rotatable bonds is 4. The molecule has 2 aromatic heterocycles. The lowest BCUT2D eigenvalue weighted by atomic mass is 9.44. The number of halogens is 3. The topological polar surface area (TPSA) is 101 Å². The van der Waals surface area contributed by atoms with E-state index in [2.05, 4.69) is 20.5 Å². The number of nitrogen functional groups attached to an aromatic ring is 1. The van der Waals surface area contributed by atoms with Crippen LogP contribution in [0.5, 0.6) is 0 Å². The Morgan fingerprint density at radius 3 is 2.59 bits per heavy atom. The fourth-order valence-corrected chi connectivity index (χ4v) is 5.66. The highest BCUT2D eigenvalue weighted by Crippen LogP contribution is 2.65. The molecule has 0 radical (unpaired) electrons. The number of anilines is 2. The molecule has 3 saturated carbocycles. The van der Waals surface area contributed by atoms with Crippen molar-refractivity contribution in [3.8, 4) is 0 Å². The van der Waals surface area contributed by atoms with E-state index in [0.29, 0.717) is 42.0 Å². The maximum Gasteiger partial charge on any atom is 0.416 e. The maximum absolute atomic E-state index is 13.3. The van der Waals surface area contributed by atoms with Crippen molar-refractivity contribution in [2.45, 2.75) is 58.4 Å². The number of carbonyl (C=O) groups excluding carboxylic acids is 1. The third kappa shape index (κ3) is 3.05. The Balaban J connectivity index is 1.35. The number of fused-ring (bicyclic) bond motifs is 3. The lowest BCUT2D eigenvalue weighted by Crippen LogP contribution is -2.60. The summed E-state index contributed by atoms with van der Waals surface area (Å²) in [6, 6.07) is 3.01. The molecule has 4 aliphatic rings. The van der Waals surface area contributed by atoms with Gasteiger partial charge in [-0.2, -0.15) is 18.2 Å². The Kier molecular flexibility index (Phi) is 4.26. The quantitative estimate of drug-likeness (QED) is 0.561. The van der Waals surface area contributed by atoms with Gasteiger partial charge in [0.15, 0.2) is 0 Å². The van der Waals surface area contributed by atoms with Crippen LogP contribution in [0.15, 0.2) is 18.2 Å². The average Bonchev–Trinajstić information content (AvgIpc) is 3.28. The highest BCUT2D eigenvalue weighted by Gasteiger charge is 2.62.